The molecule has 0 aliphatic carbocycles. The van der Waals surface area contributed by atoms with E-state index in [9.17, 15) is 0 Å². The molecule has 0 unspecified atom stereocenters. The Bertz CT molecular complexity index is 326. The van der Waals surface area contributed by atoms with Crippen LogP contribution in [0.1, 0.15) is 13.3 Å². The molecule has 0 fully saturated rings. The Kier molecular flexibility index (Phi) is 7.13. The van der Waals surface area contributed by atoms with Gasteiger partial charge >= 0.3 is 0 Å². The van der Waals surface area contributed by atoms with E-state index in [0.29, 0.717) is 25.6 Å². The zero-order valence-corrected chi connectivity index (χ0v) is 11.3. The fourth-order valence-electron chi connectivity index (χ4n) is 1.63. The number of nitrogens with zero attached hydrogens (tertiary/aromatic N) is 2. The average molecular weight is 253 g/mol. The topological polar surface area (TPSA) is 60.6 Å². The summed E-state index contributed by atoms with van der Waals surface area (Å²) in [6.07, 6.45) is 0.935. The fraction of sp³-hybridized carbons (Fsp3) is 0.615. The number of methoxy groups -OCH3 is 1. The molecule has 2 N–H and O–H groups in total. The van der Waals surface area contributed by atoms with Crippen molar-refractivity contribution >= 4 is 5.82 Å². The lowest BCUT2D eigenvalue weighted by atomic mass is 10.3. The zero-order chi connectivity index (χ0) is 13.2. The van der Waals surface area contributed by atoms with Gasteiger partial charge in [-0.15, -0.1) is 0 Å². The van der Waals surface area contributed by atoms with E-state index in [1.807, 2.05) is 25.1 Å². The van der Waals surface area contributed by atoms with Crippen molar-refractivity contribution in [2.24, 2.45) is 5.73 Å². The van der Waals surface area contributed by atoms with Crippen LogP contribution in [0.5, 0.6) is 5.88 Å². The fourth-order valence-corrected chi connectivity index (χ4v) is 1.63. The van der Waals surface area contributed by atoms with Crippen molar-refractivity contribution in [1.82, 2.24) is 4.98 Å². The molecule has 0 saturated heterocycles. The Labute approximate surface area is 109 Å². The standard InChI is InChI=1S/C13H23N3O2/c1-3-18-13-7-4-6-12(15-13)16(9-5-8-14)10-11-17-2/h4,6-7H,3,5,8-11,14H2,1-2H3. The minimum atomic E-state index is 0.622. The molecule has 0 saturated carbocycles. The summed E-state index contributed by atoms with van der Waals surface area (Å²) < 4.78 is 10.5. The lowest BCUT2D eigenvalue weighted by Crippen LogP contribution is -2.30. The van der Waals surface area contributed by atoms with Gasteiger partial charge in [0.15, 0.2) is 0 Å². The van der Waals surface area contributed by atoms with Crippen LogP contribution < -0.4 is 15.4 Å². The third kappa shape index (κ3) is 4.89. The van der Waals surface area contributed by atoms with Crippen molar-refractivity contribution in [2.45, 2.75) is 13.3 Å². The first-order chi connectivity index (χ1) is 8.81. The smallest absolute Gasteiger partial charge is 0.215 e. The molecule has 0 aliphatic rings. The summed E-state index contributed by atoms with van der Waals surface area (Å²) in [5.74, 6) is 1.57. The molecule has 0 aliphatic heterocycles. The predicted octanol–water partition coefficient (Wildman–Crippen LogP) is 1.28. The first-order valence-electron chi connectivity index (χ1n) is 6.35. The van der Waals surface area contributed by atoms with E-state index in [1.54, 1.807) is 7.11 Å². The second-order valence-corrected chi connectivity index (χ2v) is 3.89. The highest BCUT2D eigenvalue weighted by atomic mass is 16.5. The normalized spacial score (nSPS) is 10.4. The van der Waals surface area contributed by atoms with Gasteiger partial charge in [0, 0.05) is 26.3 Å². The molecule has 0 spiro atoms. The Hall–Kier alpha value is -1.33. The Balaban J connectivity index is 2.72. The average Bonchev–Trinajstić information content (AvgIpc) is 2.40. The van der Waals surface area contributed by atoms with Gasteiger partial charge < -0.3 is 20.1 Å². The van der Waals surface area contributed by atoms with Crippen molar-refractivity contribution in [3.8, 4) is 5.88 Å². The number of nitrogens with two attached hydrogens (primary N) is 1. The minimum Gasteiger partial charge on any atom is -0.478 e. The first-order valence-corrected chi connectivity index (χ1v) is 6.35. The number of rotatable bonds is 9. The van der Waals surface area contributed by atoms with Gasteiger partial charge in [0.25, 0.3) is 0 Å². The Morgan fingerprint density at radius 2 is 2.17 bits per heavy atom. The number of pyridine rings is 1. The van der Waals surface area contributed by atoms with Crippen molar-refractivity contribution in [3.05, 3.63) is 18.2 Å². The number of hydrogen-bond donors (Lipinski definition) is 1. The van der Waals surface area contributed by atoms with E-state index >= 15 is 0 Å². The molecule has 0 amide bonds. The molecule has 5 nitrogen and oxygen atoms in total. The summed E-state index contributed by atoms with van der Waals surface area (Å²) in [4.78, 5) is 6.64. The predicted molar refractivity (Wildman–Crippen MR) is 73.2 cm³/mol. The summed E-state index contributed by atoms with van der Waals surface area (Å²) in [6, 6.07) is 5.80. The van der Waals surface area contributed by atoms with Crippen molar-refractivity contribution in [2.75, 3.05) is 44.9 Å². The lowest BCUT2D eigenvalue weighted by molar-refractivity contribution is 0.205. The van der Waals surface area contributed by atoms with Gasteiger partial charge in [-0.2, -0.15) is 4.98 Å². The molecule has 102 valence electrons. The van der Waals surface area contributed by atoms with Gasteiger partial charge in [-0.05, 0) is 26.0 Å². The van der Waals surface area contributed by atoms with Gasteiger partial charge in [-0.25, -0.2) is 0 Å². The zero-order valence-electron chi connectivity index (χ0n) is 11.3. The number of hydrogen-bond acceptors (Lipinski definition) is 5. The minimum absolute atomic E-state index is 0.622. The van der Waals surface area contributed by atoms with Crippen LogP contribution in [0, 0.1) is 0 Å². The quantitative estimate of drug-likeness (QED) is 0.718. The second-order valence-electron chi connectivity index (χ2n) is 3.89. The van der Waals surface area contributed by atoms with Crippen LogP contribution in [0.2, 0.25) is 0 Å². The molecule has 1 aromatic heterocycles. The maximum atomic E-state index is 5.56. The second kappa shape index (κ2) is 8.72. The van der Waals surface area contributed by atoms with Crippen LogP contribution in [0.25, 0.3) is 0 Å². The van der Waals surface area contributed by atoms with Gasteiger partial charge in [0.2, 0.25) is 5.88 Å². The van der Waals surface area contributed by atoms with E-state index in [0.717, 1.165) is 25.3 Å². The van der Waals surface area contributed by atoms with Gasteiger partial charge in [0.05, 0.1) is 13.2 Å². The van der Waals surface area contributed by atoms with E-state index < -0.39 is 0 Å². The molecular weight excluding hydrogens is 230 g/mol. The largest absolute Gasteiger partial charge is 0.478 e. The molecule has 0 aromatic carbocycles. The summed E-state index contributed by atoms with van der Waals surface area (Å²) in [5.41, 5.74) is 5.56. The first kappa shape index (κ1) is 14.7. The lowest BCUT2D eigenvalue weighted by Gasteiger charge is -2.23. The third-order valence-electron chi connectivity index (χ3n) is 2.52. The Morgan fingerprint density at radius 1 is 1.33 bits per heavy atom. The van der Waals surface area contributed by atoms with Gasteiger partial charge in [-0.3, -0.25) is 0 Å². The maximum Gasteiger partial charge on any atom is 0.215 e. The van der Waals surface area contributed by atoms with Crippen molar-refractivity contribution in [1.29, 1.82) is 0 Å². The van der Waals surface area contributed by atoms with Crippen molar-refractivity contribution in [3.63, 3.8) is 0 Å². The molecule has 1 heterocycles. The number of ether oxygens (including phenoxy) is 2. The highest BCUT2D eigenvalue weighted by Crippen LogP contribution is 2.16. The van der Waals surface area contributed by atoms with E-state index in [-0.39, 0.29) is 0 Å². The maximum absolute atomic E-state index is 5.56. The van der Waals surface area contributed by atoms with Crippen LogP contribution in [-0.2, 0) is 4.74 Å². The van der Waals surface area contributed by atoms with Crippen LogP contribution >= 0.6 is 0 Å². The van der Waals surface area contributed by atoms with Crippen LogP contribution in [0.4, 0.5) is 5.82 Å². The monoisotopic (exact) mass is 253 g/mol. The SMILES string of the molecule is CCOc1cccc(N(CCCN)CCOC)n1. The summed E-state index contributed by atoms with van der Waals surface area (Å²) in [6.45, 7) is 5.60. The molecule has 18 heavy (non-hydrogen) atoms. The van der Waals surface area contributed by atoms with Gasteiger partial charge in [0.1, 0.15) is 5.82 Å². The Morgan fingerprint density at radius 3 is 2.83 bits per heavy atom. The summed E-state index contributed by atoms with van der Waals surface area (Å²) in [7, 11) is 1.70. The highest BCUT2D eigenvalue weighted by Gasteiger charge is 2.08. The number of anilines is 1. The molecule has 1 rings (SSSR count). The van der Waals surface area contributed by atoms with E-state index in [2.05, 4.69) is 9.88 Å². The molecule has 0 radical (unpaired) electrons. The molecule has 0 atom stereocenters. The molecule has 1 aromatic rings. The van der Waals surface area contributed by atoms with Crippen LogP contribution in [0.15, 0.2) is 18.2 Å². The third-order valence-corrected chi connectivity index (χ3v) is 2.52. The molecule has 0 bridgehead atoms. The van der Waals surface area contributed by atoms with Crippen LogP contribution in [-0.4, -0.2) is 44.9 Å². The van der Waals surface area contributed by atoms with E-state index in [4.69, 9.17) is 15.2 Å². The van der Waals surface area contributed by atoms with Crippen LogP contribution in [0.3, 0.4) is 0 Å². The molecular formula is C13H23N3O2. The van der Waals surface area contributed by atoms with Gasteiger partial charge in [-0.1, -0.05) is 6.07 Å². The number of aromatic nitrogens is 1. The summed E-state index contributed by atoms with van der Waals surface area (Å²) >= 11 is 0. The summed E-state index contributed by atoms with van der Waals surface area (Å²) in [5, 5.41) is 0. The molecule has 5 heteroatoms. The highest BCUT2D eigenvalue weighted by molar-refractivity contribution is 5.40. The van der Waals surface area contributed by atoms with Crippen molar-refractivity contribution < 1.29 is 9.47 Å². The van der Waals surface area contributed by atoms with E-state index in [1.165, 1.54) is 0 Å².